The molecule has 0 bridgehead atoms. The third-order valence-electron chi connectivity index (χ3n) is 4.41. The highest BCUT2D eigenvalue weighted by Crippen LogP contribution is 2.28. The minimum absolute atomic E-state index is 0.104. The second-order valence-corrected chi connectivity index (χ2v) is 6.59. The number of anilines is 1. The van der Waals surface area contributed by atoms with E-state index in [1.807, 2.05) is 30.3 Å². The fraction of sp³-hybridized carbons (Fsp3) is 0.120. The monoisotopic (exact) mass is 401 g/mol. The van der Waals surface area contributed by atoms with Crippen LogP contribution in [0.4, 0.5) is 5.69 Å². The lowest BCUT2D eigenvalue weighted by atomic mass is 10.0. The highest BCUT2D eigenvalue weighted by molar-refractivity contribution is 6.09. The van der Waals surface area contributed by atoms with Gasteiger partial charge < -0.3 is 14.8 Å². The van der Waals surface area contributed by atoms with Gasteiger partial charge in [-0.2, -0.15) is 0 Å². The van der Waals surface area contributed by atoms with Crippen LogP contribution >= 0.6 is 0 Å². The van der Waals surface area contributed by atoms with Gasteiger partial charge in [0, 0.05) is 16.8 Å². The van der Waals surface area contributed by atoms with Gasteiger partial charge in [0.15, 0.2) is 23.9 Å². The van der Waals surface area contributed by atoms with E-state index >= 15 is 0 Å². The average molecular weight is 401 g/mol. The molecule has 0 saturated heterocycles. The maximum Gasteiger partial charge on any atom is 0.262 e. The van der Waals surface area contributed by atoms with Gasteiger partial charge in [-0.15, -0.1) is 6.58 Å². The maximum absolute atomic E-state index is 12.6. The summed E-state index contributed by atoms with van der Waals surface area (Å²) in [4.78, 5) is 24.9. The zero-order valence-corrected chi connectivity index (χ0v) is 16.8. The topological polar surface area (TPSA) is 64.6 Å². The minimum atomic E-state index is -0.337. The second-order valence-electron chi connectivity index (χ2n) is 6.59. The van der Waals surface area contributed by atoms with E-state index in [4.69, 9.17) is 9.47 Å². The zero-order valence-electron chi connectivity index (χ0n) is 16.8. The molecule has 0 unspecified atom stereocenters. The SMILES string of the molecule is C=CCc1ccc(OCC(=O)Nc2cccc(C(=O)c3ccccc3)c2)c(OC)c1. The van der Waals surface area contributed by atoms with Crippen LogP contribution in [-0.4, -0.2) is 25.4 Å². The number of allylic oxidation sites excluding steroid dienone is 1. The number of ketones is 1. The standard InChI is InChI=1S/C25H23NO4/c1-3-8-18-13-14-22(23(15-18)29-2)30-17-24(27)26-21-12-7-11-20(16-21)25(28)19-9-5-4-6-10-19/h3-7,9-16H,1,8,17H2,2H3,(H,26,27). The van der Waals surface area contributed by atoms with Gasteiger partial charge in [0.05, 0.1) is 7.11 Å². The number of rotatable bonds is 9. The van der Waals surface area contributed by atoms with E-state index in [2.05, 4.69) is 11.9 Å². The summed E-state index contributed by atoms with van der Waals surface area (Å²) in [6.45, 7) is 3.53. The van der Waals surface area contributed by atoms with Crippen molar-refractivity contribution in [3.63, 3.8) is 0 Å². The highest BCUT2D eigenvalue weighted by Gasteiger charge is 2.12. The first-order valence-corrected chi connectivity index (χ1v) is 9.51. The third kappa shape index (κ3) is 5.35. The molecule has 0 aliphatic heterocycles. The van der Waals surface area contributed by atoms with E-state index in [1.54, 1.807) is 55.7 Å². The molecule has 0 atom stereocenters. The Morgan fingerprint density at radius 2 is 1.70 bits per heavy atom. The molecule has 5 nitrogen and oxygen atoms in total. The molecule has 0 fully saturated rings. The van der Waals surface area contributed by atoms with Crippen LogP contribution in [0.25, 0.3) is 0 Å². The van der Waals surface area contributed by atoms with E-state index in [9.17, 15) is 9.59 Å². The molecule has 0 aromatic heterocycles. The van der Waals surface area contributed by atoms with Crippen LogP contribution in [0.15, 0.2) is 85.5 Å². The second kappa shape index (κ2) is 10.1. The van der Waals surface area contributed by atoms with Gasteiger partial charge >= 0.3 is 0 Å². The Morgan fingerprint density at radius 3 is 2.43 bits per heavy atom. The summed E-state index contributed by atoms with van der Waals surface area (Å²) in [5, 5.41) is 2.76. The normalized spacial score (nSPS) is 10.2. The van der Waals surface area contributed by atoms with Gasteiger partial charge in [0.2, 0.25) is 0 Å². The fourth-order valence-electron chi connectivity index (χ4n) is 2.96. The molecular weight excluding hydrogens is 378 g/mol. The molecule has 0 aliphatic rings. The largest absolute Gasteiger partial charge is 0.493 e. The Morgan fingerprint density at radius 1 is 0.933 bits per heavy atom. The van der Waals surface area contributed by atoms with Gasteiger partial charge in [0.1, 0.15) is 0 Å². The molecule has 0 saturated carbocycles. The summed E-state index contributed by atoms with van der Waals surface area (Å²) >= 11 is 0. The van der Waals surface area contributed by atoms with Crippen molar-refractivity contribution in [3.8, 4) is 11.5 Å². The molecular formula is C25H23NO4. The van der Waals surface area contributed by atoms with Gasteiger partial charge in [-0.1, -0.05) is 54.6 Å². The first kappa shape index (κ1) is 20.9. The number of carbonyl (C=O) groups excluding carboxylic acids is 2. The number of methoxy groups -OCH3 is 1. The number of hydrogen-bond acceptors (Lipinski definition) is 4. The van der Waals surface area contributed by atoms with Crippen molar-refractivity contribution >= 4 is 17.4 Å². The molecule has 3 aromatic carbocycles. The molecule has 1 amide bonds. The highest BCUT2D eigenvalue weighted by atomic mass is 16.5. The van der Waals surface area contributed by atoms with Crippen molar-refractivity contribution in [2.24, 2.45) is 0 Å². The van der Waals surface area contributed by atoms with Crippen LogP contribution < -0.4 is 14.8 Å². The Bertz CT molecular complexity index is 1040. The summed E-state index contributed by atoms with van der Waals surface area (Å²) in [6.07, 6.45) is 2.52. The summed E-state index contributed by atoms with van der Waals surface area (Å²) in [7, 11) is 1.55. The van der Waals surface area contributed by atoms with Crippen LogP contribution in [-0.2, 0) is 11.2 Å². The lowest BCUT2D eigenvalue weighted by Crippen LogP contribution is -2.20. The molecule has 3 rings (SSSR count). The number of carbonyl (C=O) groups is 2. The first-order chi connectivity index (χ1) is 14.6. The van der Waals surface area contributed by atoms with Crippen molar-refractivity contribution in [1.29, 1.82) is 0 Å². The summed E-state index contributed by atoms with van der Waals surface area (Å²) in [5.74, 6) is 0.593. The number of benzene rings is 3. The Kier molecular flexibility index (Phi) is 7.00. The number of nitrogens with one attached hydrogen (secondary N) is 1. The van der Waals surface area contributed by atoms with Crippen LogP contribution in [0.5, 0.6) is 11.5 Å². The molecule has 3 aromatic rings. The number of ether oxygens (including phenoxy) is 2. The van der Waals surface area contributed by atoms with Crippen LogP contribution in [0, 0.1) is 0 Å². The van der Waals surface area contributed by atoms with Gasteiger partial charge in [-0.3, -0.25) is 9.59 Å². The molecule has 0 radical (unpaired) electrons. The minimum Gasteiger partial charge on any atom is -0.493 e. The summed E-state index contributed by atoms with van der Waals surface area (Å²) < 4.78 is 11.0. The fourth-order valence-corrected chi connectivity index (χ4v) is 2.96. The lowest BCUT2D eigenvalue weighted by Gasteiger charge is -2.12. The Balaban J connectivity index is 1.63. The van der Waals surface area contributed by atoms with Gasteiger partial charge in [-0.25, -0.2) is 0 Å². The van der Waals surface area contributed by atoms with Crippen molar-refractivity contribution in [2.75, 3.05) is 19.0 Å². The molecule has 30 heavy (non-hydrogen) atoms. The predicted octanol–water partition coefficient (Wildman–Crippen LogP) is 4.67. The van der Waals surface area contributed by atoms with Crippen LogP contribution in [0.3, 0.4) is 0 Å². The van der Waals surface area contributed by atoms with E-state index in [0.717, 1.165) is 12.0 Å². The van der Waals surface area contributed by atoms with E-state index < -0.39 is 0 Å². The summed E-state index contributed by atoms with van der Waals surface area (Å²) in [6, 6.07) is 21.4. The smallest absolute Gasteiger partial charge is 0.262 e. The molecule has 0 heterocycles. The van der Waals surface area contributed by atoms with E-state index in [-0.39, 0.29) is 18.3 Å². The van der Waals surface area contributed by atoms with Gasteiger partial charge in [-0.05, 0) is 36.2 Å². The average Bonchev–Trinajstić information content (AvgIpc) is 2.78. The van der Waals surface area contributed by atoms with Crippen molar-refractivity contribution in [3.05, 3.63) is 102 Å². The van der Waals surface area contributed by atoms with Crippen LogP contribution in [0.1, 0.15) is 21.5 Å². The lowest BCUT2D eigenvalue weighted by molar-refractivity contribution is -0.118. The van der Waals surface area contributed by atoms with E-state index in [1.165, 1.54) is 0 Å². The zero-order chi connectivity index (χ0) is 21.3. The molecule has 5 heteroatoms. The predicted molar refractivity (Wildman–Crippen MR) is 117 cm³/mol. The summed E-state index contributed by atoms with van der Waals surface area (Å²) in [5.41, 5.74) is 2.66. The Hall–Kier alpha value is -3.86. The van der Waals surface area contributed by atoms with Gasteiger partial charge in [0.25, 0.3) is 5.91 Å². The van der Waals surface area contributed by atoms with E-state index in [0.29, 0.717) is 28.3 Å². The molecule has 152 valence electrons. The number of amides is 1. The molecule has 0 spiro atoms. The molecule has 0 aliphatic carbocycles. The third-order valence-corrected chi connectivity index (χ3v) is 4.41. The maximum atomic E-state index is 12.6. The van der Waals surface area contributed by atoms with Crippen molar-refractivity contribution in [1.82, 2.24) is 0 Å². The Labute approximate surface area is 176 Å². The molecule has 1 N–H and O–H groups in total. The number of hydrogen-bond donors (Lipinski definition) is 1. The van der Waals surface area contributed by atoms with Crippen LogP contribution in [0.2, 0.25) is 0 Å². The van der Waals surface area contributed by atoms with Crippen molar-refractivity contribution < 1.29 is 19.1 Å². The van der Waals surface area contributed by atoms with Crippen molar-refractivity contribution in [2.45, 2.75) is 6.42 Å². The quantitative estimate of drug-likeness (QED) is 0.418. The first-order valence-electron chi connectivity index (χ1n) is 9.51.